The number of aryl methyl sites for hydroxylation is 2. The molecule has 0 saturated carbocycles. The molecule has 50 heavy (non-hydrogen) atoms. The second-order valence-electron chi connectivity index (χ2n) is 13.4. The summed E-state index contributed by atoms with van der Waals surface area (Å²) < 4.78 is 0. The van der Waals surface area contributed by atoms with E-state index in [-0.39, 0.29) is 0 Å². The average Bonchev–Trinajstić information content (AvgIpc) is 3.17. The van der Waals surface area contributed by atoms with Gasteiger partial charge in [-0.05, 0) is 72.9 Å². The topological polar surface area (TPSA) is 51.6 Å². The second kappa shape index (κ2) is 11.7. The van der Waals surface area contributed by atoms with Crippen molar-refractivity contribution in [1.29, 1.82) is 0 Å². The van der Waals surface area contributed by atoms with Gasteiger partial charge in [-0.3, -0.25) is 9.97 Å². The third-order valence-electron chi connectivity index (χ3n) is 10.4. The van der Waals surface area contributed by atoms with Crippen LogP contribution in [-0.2, 0) is 5.41 Å². The lowest BCUT2D eigenvalue weighted by Crippen LogP contribution is -2.25. The van der Waals surface area contributed by atoms with Crippen LogP contribution in [0.15, 0.2) is 152 Å². The average molecular weight is 643 g/mol. The van der Waals surface area contributed by atoms with Crippen molar-refractivity contribution in [2.45, 2.75) is 26.2 Å². The fraction of sp³-hybridized carbons (Fsp3) is 0.0870. The van der Waals surface area contributed by atoms with Crippen LogP contribution in [0.2, 0.25) is 0 Å². The van der Waals surface area contributed by atoms with Crippen molar-refractivity contribution in [2.24, 2.45) is 0 Å². The molecule has 4 heterocycles. The van der Waals surface area contributed by atoms with E-state index in [2.05, 4.69) is 158 Å². The number of hydrogen-bond acceptors (Lipinski definition) is 4. The highest BCUT2D eigenvalue weighted by molar-refractivity contribution is 6.04. The zero-order valence-corrected chi connectivity index (χ0v) is 28.2. The van der Waals surface area contributed by atoms with Gasteiger partial charge in [0.15, 0.2) is 0 Å². The normalized spacial score (nSPS) is 11.9. The molecular formula is C46H34N4. The van der Waals surface area contributed by atoms with Gasteiger partial charge in [-0.15, -0.1) is 0 Å². The highest BCUT2D eigenvalue weighted by Gasteiger charge is 2.32. The van der Waals surface area contributed by atoms with E-state index in [0.29, 0.717) is 0 Å². The van der Waals surface area contributed by atoms with Gasteiger partial charge in [0.1, 0.15) is 0 Å². The molecular weight excluding hydrogens is 609 g/mol. The maximum atomic E-state index is 5.16. The van der Waals surface area contributed by atoms with E-state index < -0.39 is 5.41 Å². The number of benzene rings is 5. The molecule has 0 unspecified atom stereocenters. The van der Waals surface area contributed by atoms with Gasteiger partial charge in [-0.25, -0.2) is 9.97 Å². The number of hydrogen-bond donors (Lipinski definition) is 0. The molecule has 0 bridgehead atoms. The standard InChI is InChI=1S/C46H34N4/c1-29-27-36(19-21-38(29)40-23-17-33-15-13-31-9-7-25-47-42(31)44(33)49-40)46(3,35-11-5-4-6-12-35)37-20-22-39(30(2)28-37)41-24-18-34-16-14-32-10-8-26-48-43(32)45(34)50-41/h4-28H,1-3H3. The third kappa shape index (κ3) is 4.83. The zero-order valence-electron chi connectivity index (χ0n) is 28.2. The SMILES string of the molecule is Cc1cc(C(C)(c2ccccc2)c2ccc(-c3ccc4ccc5cccnc5c4n3)c(C)c2)ccc1-c1ccc2ccc3cccnc3c2n1. The highest BCUT2D eigenvalue weighted by Crippen LogP contribution is 2.42. The number of rotatable bonds is 5. The van der Waals surface area contributed by atoms with E-state index in [1.165, 1.54) is 27.8 Å². The molecule has 238 valence electrons. The largest absolute Gasteiger partial charge is 0.254 e. The predicted octanol–water partition coefficient (Wildman–Crippen LogP) is 11.2. The first-order valence-electron chi connectivity index (χ1n) is 17.0. The summed E-state index contributed by atoms with van der Waals surface area (Å²) in [4.78, 5) is 19.6. The van der Waals surface area contributed by atoms with E-state index in [1.807, 2.05) is 24.5 Å². The summed E-state index contributed by atoms with van der Waals surface area (Å²) in [7, 11) is 0. The van der Waals surface area contributed by atoms with E-state index in [9.17, 15) is 0 Å². The summed E-state index contributed by atoms with van der Waals surface area (Å²) in [6, 6.07) is 49.6. The maximum absolute atomic E-state index is 5.16. The number of aromatic nitrogens is 4. The fourth-order valence-electron chi connectivity index (χ4n) is 7.54. The summed E-state index contributed by atoms with van der Waals surface area (Å²) in [6.07, 6.45) is 3.68. The molecule has 4 nitrogen and oxygen atoms in total. The van der Waals surface area contributed by atoms with Gasteiger partial charge in [0.05, 0.1) is 33.5 Å². The predicted molar refractivity (Wildman–Crippen MR) is 206 cm³/mol. The fourth-order valence-corrected chi connectivity index (χ4v) is 7.54. The molecule has 0 N–H and O–H groups in total. The molecule has 0 radical (unpaired) electrons. The molecule has 0 aliphatic heterocycles. The Labute approximate surface area is 291 Å². The number of nitrogens with zero attached hydrogens (tertiary/aromatic N) is 4. The van der Waals surface area contributed by atoms with E-state index in [4.69, 9.17) is 9.97 Å². The Bertz CT molecular complexity index is 2580. The van der Waals surface area contributed by atoms with Gasteiger partial charge in [0, 0.05) is 50.5 Å². The Hall–Kier alpha value is -6.26. The minimum Gasteiger partial charge on any atom is -0.254 e. The lowest BCUT2D eigenvalue weighted by molar-refractivity contribution is 0.691. The Kier molecular flexibility index (Phi) is 6.99. The maximum Gasteiger partial charge on any atom is 0.0972 e. The zero-order chi connectivity index (χ0) is 33.8. The monoisotopic (exact) mass is 642 g/mol. The summed E-state index contributed by atoms with van der Waals surface area (Å²) in [5, 5.41) is 4.37. The third-order valence-corrected chi connectivity index (χ3v) is 10.4. The summed E-state index contributed by atoms with van der Waals surface area (Å²) in [5.41, 5.74) is 13.5. The summed E-state index contributed by atoms with van der Waals surface area (Å²) in [6.45, 7) is 6.72. The molecule has 5 aromatic carbocycles. The van der Waals surface area contributed by atoms with Gasteiger partial charge in [0.2, 0.25) is 0 Å². The minimum absolute atomic E-state index is 0.401. The van der Waals surface area contributed by atoms with Crippen molar-refractivity contribution < 1.29 is 0 Å². The summed E-state index contributed by atoms with van der Waals surface area (Å²) in [5.74, 6) is 0. The van der Waals surface area contributed by atoms with Crippen LogP contribution in [0, 0.1) is 13.8 Å². The van der Waals surface area contributed by atoms with Gasteiger partial charge in [-0.2, -0.15) is 0 Å². The smallest absolute Gasteiger partial charge is 0.0972 e. The molecule has 4 aromatic heterocycles. The van der Waals surface area contributed by atoms with Crippen molar-refractivity contribution >= 4 is 43.6 Å². The van der Waals surface area contributed by atoms with Crippen LogP contribution >= 0.6 is 0 Å². The molecule has 0 spiro atoms. The first-order chi connectivity index (χ1) is 24.5. The Morgan fingerprint density at radius 1 is 0.400 bits per heavy atom. The molecule has 9 aromatic rings. The minimum atomic E-state index is -0.401. The molecule has 0 aliphatic rings. The van der Waals surface area contributed by atoms with Crippen LogP contribution < -0.4 is 0 Å². The van der Waals surface area contributed by atoms with Crippen molar-refractivity contribution in [3.8, 4) is 22.5 Å². The van der Waals surface area contributed by atoms with Crippen molar-refractivity contribution in [1.82, 2.24) is 19.9 Å². The molecule has 0 aliphatic carbocycles. The Balaban J connectivity index is 1.14. The molecule has 0 atom stereocenters. The summed E-state index contributed by atoms with van der Waals surface area (Å²) >= 11 is 0. The van der Waals surface area contributed by atoms with Gasteiger partial charge < -0.3 is 0 Å². The lowest BCUT2D eigenvalue weighted by Gasteiger charge is -2.33. The van der Waals surface area contributed by atoms with Crippen LogP contribution in [0.1, 0.15) is 34.7 Å². The number of pyridine rings is 4. The first-order valence-corrected chi connectivity index (χ1v) is 17.0. The van der Waals surface area contributed by atoms with Crippen molar-refractivity contribution in [3.63, 3.8) is 0 Å². The quantitative estimate of drug-likeness (QED) is 0.138. The van der Waals surface area contributed by atoms with E-state index in [1.54, 1.807) is 0 Å². The van der Waals surface area contributed by atoms with Crippen LogP contribution in [0.5, 0.6) is 0 Å². The Morgan fingerprint density at radius 3 is 1.30 bits per heavy atom. The van der Waals surface area contributed by atoms with E-state index >= 15 is 0 Å². The van der Waals surface area contributed by atoms with Crippen molar-refractivity contribution in [2.75, 3.05) is 0 Å². The van der Waals surface area contributed by atoms with Crippen LogP contribution in [-0.4, -0.2) is 19.9 Å². The molecule has 0 saturated heterocycles. The van der Waals surface area contributed by atoms with Crippen LogP contribution in [0.4, 0.5) is 0 Å². The molecule has 4 heteroatoms. The van der Waals surface area contributed by atoms with Crippen LogP contribution in [0.3, 0.4) is 0 Å². The van der Waals surface area contributed by atoms with Gasteiger partial charge >= 0.3 is 0 Å². The second-order valence-corrected chi connectivity index (χ2v) is 13.4. The van der Waals surface area contributed by atoms with Crippen LogP contribution in [0.25, 0.3) is 66.1 Å². The molecule has 0 fully saturated rings. The van der Waals surface area contributed by atoms with Crippen molar-refractivity contribution in [3.05, 3.63) is 180 Å². The first kappa shape index (κ1) is 29.8. The highest BCUT2D eigenvalue weighted by atomic mass is 14.8. The molecule has 0 amide bonds. The van der Waals surface area contributed by atoms with Gasteiger partial charge in [0.25, 0.3) is 0 Å². The Morgan fingerprint density at radius 2 is 0.840 bits per heavy atom. The molecule has 9 rings (SSSR count). The van der Waals surface area contributed by atoms with Gasteiger partial charge in [-0.1, -0.05) is 115 Å². The number of fused-ring (bicyclic) bond motifs is 6. The van der Waals surface area contributed by atoms with E-state index in [0.717, 1.165) is 66.1 Å². The lowest BCUT2D eigenvalue weighted by atomic mass is 9.70.